The van der Waals surface area contributed by atoms with E-state index >= 15 is 0 Å². The molecule has 2 heterocycles. The normalized spacial score (nSPS) is 18.2. The van der Waals surface area contributed by atoms with Crippen LogP contribution in [0.4, 0.5) is 11.5 Å². The summed E-state index contributed by atoms with van der Waals surface area (Å²) in [5, 5.41) is 7.70. The van der Waals surface area contributed by atoms with Crippen molar-refractivity contribution in [1.82, 2.24) is 14.7 Å². The van der Waals surface area contributed by atoms with Crippen LogP contribution in [-0.2, 0) is 7.05 Å². The van der Waals surface area contributed by atoms with Gasteiger partial charge in [0.25, 0.3) is 0 Å². The van der Waals surface area contributed by atoms with Gasteiger partial charge in [-0.3, -0.25) is 4.68 Å². The number of rotatable bonds is 4. The number of likely N-dealkylation sites (tertiary alicyclic amines) is 1. The van der Waals surface area contributed by atoms with Crippen molar-refractivity contribution in [3.8, 4) is 0 Å². The van der Waals surface area contributed by atoms with Crippen LogP contribution in [0.1, 0.15) is 25.5 Å². The summed E-state index contributed by atoms with van der Waals surface area (Å²) >= 11 is 0. The second-order valence-corrected chi connectivity index (χ2v) is 5.42. The van der Waals surface area contributed by atoms with E-state index in [2.05, 4.69) is 22.2 Å². The van der Waals surface area contributed by atoms with Gasteiger partial charge in [0.1, 0.15) is 5.82 Å². The standard InChI is InChI=1S/C13H25N5/c1-10-4-7-18(8-5-10)9-6-15-13-12(14)11(2)16-17(13)3/h10,15H,4-9,14H2,1-3H3. The summed E-state index contributed by atoms with van der Waals surface area (Å²) in [6.07, 6.45) is 2.65. The lowest BCUT2D eigenvalue weighted by Gasteiger charge is -2.30. The number of nitrogens with one attached hydrogen (secondary N) is 1. The zero-order valence-corrected chi connectivity index (χ0v) is 11.7. The molecule has 5 nitrogen and oxygen atoms in total. The molecular formula is C13H25N5. The van der Waals surface area contributed by atoms with Crippen molar-refractivity contribution in [2.24, 2.45) is 13.0 Å². The molecule has 1 aromatic rings. The van der Waals surface area contributed by atoms with Gasteiger partial charge in [0.05, 0.1) is 11.4 Å². The van der Waals surface area contributed by atoms with Gasteiger partial charge in [0.15, 0.2) is 0 Å². The number of hydrogen-bond acceptors (Lipinski definition) is 4. The van der Waals surface area contributed by atoms with Crippen LogP contribution in [0.5, 0.6) is 0 Å². The van der Waals surface area contributed by atoms with Crippen molar-refractivity contribution in [3.63, 3.8) is 0 Å². The summed E-state index contributed by atoms with van der Waals surface area (Å²) in [6, 6.07) is 0. The van der Waals surface area contributed by atoms with Crippen LogP contribution in [0.25, 0.3) is 0 Å². The third-order valence-electron chi connectivity index (χ3n) is 3.87. The molecule has 0 bridgehead atoms. The largest absolute Gasteiger partial charge is 0.394 e. The van der Waals surface area contributed by atoms with Crippen LogP contribution in [0.2, 0.25) is 0 Å². The van der Waals surface area contributed by atoms with E-state index in [1.807, 2.05) is 18.7 Å². The first kappa shape index (κ1) is 13.2. The lowest BCUT2D eigenvalue weighted by Crippen LogP contribution is -2.36. The minimum atomic E-state index is 0.768. The topological polar surface area (TPSA) is 59.1 Å². The van der Waals surface area contributed by atoms with Crippen molar-refractivity contribution in [2.45, 2.75) is 26.7 Å². The first-order chi connectivity index (χ1) is 8.58. The Kier molecular flexibility index (Phi) is 4.11. The minimum Gasteiger partial charge on any atom is -0.394 e. The van der Waals surface area contributed by atoms with E-state index in [4.69, 9.17) is 5.73 Å². The van der Waals surface area contributed by atoms with Gasteiger partial charge in [0, 0.05) is 20.1 Å². The molecule has 1 saturated heterocycles. The molecule has 0 radical (unpaired) electrons. The Morgan fingerprint density at radius 1 is 1.39 bits per heavy atom. The number of aromatic nitrogens is 2. The highest BCUT2D eigenvalue weighted by atomic mass is 15.3. The Bertz CT molecular complexity index is 390. The molecular weight excluding hydrogens is 226 g/mol. The quantitative estimate of drug-likeness (QED) is 0.850. The highest BCUT2D eigenvalue weighted by Crippen LogP contribution is 2.20. The maximum absolute atomic E-state index is 5.98. The fraction of sp³-hybridized carbons (Fsp3) is 0.769. The molecule has 1 fully saturated rings. The van der Waals surface area contributed by atoms with Gasteiger partial charge in [-0.2, -0.15) is 5.10 Å². The SMILES string of the molecule is Cc1nn(C)c(NCCN2CCC(C)CC2)c1N. The molecule has 5 heteroatoms. The van der Waals surface area contributed by atoms with Gasteiger partial charge in [-0.05, 0) is 38.8 Å². The van der Waals surface area contributed by atoms with Gasteiger partial charge < -0.3 is 16.0 Å². The first-order valence-electron chi connectivity index (χ1n) is 6.83. The summed E-state index contributed by atoms with van der Waals surface area (Å²) in [5.41, 5.74) is 7.64. The van der Waals surface area contributed by atoms with Crippen LogP contribution >= 0.6 is 0 Å². The van der Waals surface area contributed by atoms with Crippen molar-refractivity contribution >= 4 is 11.5 Å². The average Bonchev–Trinajstić information content (AvgIpc) is 2.58. The zero-order valence-electron chi connectivity index (χ0n) is 11.7. The average molecular weight is 251 g/mol. The van der Waals surface area contributed by atoms with Crippen LogP contribution in [0, 0.1) is 12.8 Å². The number of nitrogen functional groups attached to an aromatic ring is 1. The van der Waals surface area contributed by atoms with Crippen molar-refractivity contribution in [1.29, 1.82) is 0 Å². The number of nitrogens with two attached hydrogens (primary N) is 1. The van der Waals surface area contributed by atoms with E-state index in [1.54, 1.807) is 0 Å². The zero-order chi connectivity index (χ0) is 13.1. The molecule has 1 aliphatic rings. The van der Waals surface area contributed by atoms with Crippen LogP contribution in [-0.4, -0.2) is 40.9 Å². The van der Waals surface area contributed by atoms with Crippen molar-refractivity contribution in [3.05, 3.63) is 5.69 Å². The fourth-order valence-corrected chi connectivity index (χ4v) is 2.50. The molecule has 0 spiro atoms. The van der Waals surface area contributed by atoms with Gasteiger partial charge in [-0.25, -0.2) is 0 Å². The number of aryl methyl sites for hydroxylation is 2. The second kappa shape index (κ2) is 5.61. The van der Waals surface area contributed by atoms with E-state index in [9.17, 15) is 0 Å². The van der Waals surface area contributed by atoms with Crippen LogP contribution in [0.15, 0.2) is 0 Å². The molecule has 0 aromatic carbocycles. The predicted molar refractivity (Wildman–Crippen MR) is 75.7 cm³/mol. The Morgan fingerprint density at radius 3 is 2.61 bits per heavy atom. The van der Waals surface area contributed by atoms with E-state index in [-0.39, 0.29) is 0 Å². The summed E-state index contributed by atoms with van der Waals surface area (Å²) in [4.78, 5) is 2.52. The van der Waals surface area contributed by atoms with Crippen molar-refractivity contribution in [2.75, 3.05) is 37.2 Å². The molecule has 18 heavy (non-hydrogen) atoms. The first-order valence-corrected chi connectivity index (χ1v) is 6.83. The smallest absolute Gasteiger partial charge is 0.147 e. The van der Waals surface area contributed by atoms with E-state index in [0.717, 1.165) is 36.2 Å². The fourth-order valence-electron chi connectivity index (χ4n) is 2.50. The summed E-state index contributed by atoms with van der Waals surface area (Å²) < 4.78 is 1.82. The summed E-state index contributed by atoms with van der Waals surface area (Å²) in [7, 11) is 1.92. The molecule has 3 N–H and O–H groups in total. The van der Waals surface area contributed by atoms with Gasteiger partial charge in [-0.1, -0.05) is 6.92 Å². The predicted octanol–water partition coefficient (Wildman–Crippen LogP) is 1.45. The lowest BCUT2D eigenvalue weighted by atomic mass is 9.99. The van der Waals surface area contributed by atoms with E-state index in [1.165, 1.54) is 25.9 Å². The van der Waals surface area contributed by atoms with Gasteiger partial charge >= 0.3 is 0 Å². The Labute approximate surface area is 109 Å². The molecule has 0 aliphatic carbocycles. The highest BCUT2D eigenvalue weighted by molar-refractivity contribution is 5.64. The van der Waals surface area contributed by atoms with E-state index in [0.29, 0.717) is 0 Å². The van der Waals surface area contributed by atoms with Crippen molar-refractivity contribution < 1.29 is 0 Å². The highest BCUT2D eigenvalue weighted by Gasteiger charge is 2.15. The molecule has 1 aromatic heterocycles. The molecule has 0 unspecified atom stereocenters. The molecule has 1 aliphatic heterocycles. The Balaban J connectivity index is 1.78. The maximum Gasteiger partial charge on any atom is 0.147 e. The third kappa shape index (κ3) is 2.96. The van der Waals surface area contributed by atoms with E-state index < -0.39 is 0 Å². The summed E-state index contributed by atoms with van der Waals surface area (Å²) in [5.74, 6) is 1.84. The number of nitrogens with zero attached hydrogens (tertiary/aromatic N) is 3. The molecule has 0 atom stereocenters. The van der Waals surface area contributed by atoms with Crippen LogP contribution in [0.3, 0.4) is 0 Å². The Morgan fingerprint density at radius 2 is 2.06 bits per heavy atom. The molecule has 2 rings (SSSR count). The summed E-state index contributed by atoms with van der Waals surface area (Å²) in [6.45, 7) is 8.74. The number of piperidine rings is 1. The number of anilines is 2. The molecule has 0 amide bonds. The van der Waals surface area contributed by atoms with Gasteiger partial charge in [0.2, 0.25) is 0 Å². The third-order valence-corrected chi connectivity index (χ3v) is 3.87. The number of hydrogen-bond donors (Lipinski definition) is 2. The van der Waals surface area contributed by atoms with Gasteiger partial charge in [-0.15, -0.1) is 0 Å². The minimum absolute atomic E-state index is 0.768. The molecule has 0 saturated carbocycles. The lowest BCUT2D eigenvalue weighted by molar-refractivity contribution is 0.199. The van der Waals surface area contributed by atoms with Crippen LogP contribution < -0.4 is 11.1 Å². The monoisotopic (exact) mass is 251 g/mol. The maximum atomic E-state index is 5.98. The second-order valence-electron chi connectivity index (χ2n) is 5.42. The Hall–Kier alpha value is -1.23. The molecule has 102 valence electrons.